The Balaban J connectivity index is 1.50. The fraction of sp³-hybridized carbons (Fsp3) is 0.381. The summed E-state index contributed by atoms with van der Waals surface area (Å²) >= 11 is 1.64. The van der Waals surface area contributed by atoms with Crippen molar-refractivity contribution in [1.82, 2.24) is 10.2 Å². The lowest BCUT2D eigenvalue weighted by atomic mass is 10.0. The van der Waals surface area contributed by atoms with Crippen molar-refractivity contribution in [2.75, 3.05) is 33.0 Å². The number of nitrogens with one attached hydrogen (secondary N) is 1. The Morgan fingerprint density at radius 1 is 1.23 bits per heavy atom. The van der Waals surface area contributed by atoms with Crippen LogP contribution in [0.2, 0.25) is 0 Å². The standard InChI is InChI=1S/C21H26N2O2S/c1-23(2)19(17-8-9-20-18(12-17)10-11-25-20)13-22-21(24)15-26-14-16-6-4-3-5-7-16/h3-9,12,19H,10-11,13-15H2,1-2H3,(H,22,24). The lowest BCUT2D eigenvalue weighted by molar-refractivity contribution is -0.118. The second-order valence-electron chi connectivity index (χ2n) is 6.73. The summed E-state index contributed by atoms with van der Waals surface area (Å²) in [5.74, 6) is 2.42. The van der Waals surface area contributed by atoms with Crippen LogP contribution in [-0.2, 0) is 17.0 Å². The number of likely N-dealkylation sites (N-methyl/N-ethyl adjacent to an activating group) is 1. The molecule has 0 aromatic heterocycles. The second kappa shape index (κ2) is 9.10. The molecule has 1 N–H and O–H groups in total. The molecule has 138 valence electrons. The van der Waals surface area contributed by atoms with Crippen LogP contribution in [0.15, 0.2) is 48.5 Å². The molecule has 0 fully saturated rings. The Bertz CT molecular complexity index is 734. The largest absolute Gasteiger partial charge is 0.493 e. The van der Waals surface area contributed by atoms with Gasteiger partial charge in [0.2, 0.25) is 5.91 Å². The van der Waals surface area contributed by atoms with E-state index in [1.807, 2.05) is 38.4 Å². The van der Waals surface area contributed by atoms with Crippen LogP contribution in [0.3, 0.4) is 0 Å². The summed E-state index contributed by atoms with van der Waals surface area (Å²) in [5, 5.41) is 3.08. The minimum absolute atomic E-state index is 0.0854. The zero-order chi connectivity index (χ0) is 18.4. The van der Waals surface area contributed by atoms with Crippen molar-refractivity contribution in [3.63, 3.8) is 0 Å². The normalized spacial score (nSPS) is 14.0. The number of nitrogens with zero attached hydrogens (tertiary/aromatic N) is 1. The predicted octanol–water partition coefficient (Wildman–Crippen LogP) is 3.27. The van der Waals surface area contributed by atoms with Crippen LogP contribution in [0.5, 0.6) is 5.75 Å². The quantitative estimate of drug-likeness (QED) is 0.774. The zero-order valence-corrected chi connectivity index (χ0v) is 16.2. The Morgan fingerprint density at radius 2 is 2.04 bits per heavy atom. The lowest BCUT2D eigenvalue weighted by Crippen LogP contribution is -2.35. The average molecular weight is 371 g/mol. The molecule has 2 aromatic rings. The highest BCUT2D eigenvalue weighted by atomic mass is 32.2. The summed E-state index contributed by atoms with van der Waals surface area (Å²) in [6.07, 6.45) is 0.964. The summed E-state index contributed by atoms with van der Waals surface area (Å²) in [5.41, 5.74) is 3.73. The smallest absolute Gasteiger partial charge is 0.230 e. The summed E-state index contributed by atoms with van der Waals surface area (Å²) in [6, 6.07) is 16.8. The molecule has 4 nitrogen and oxygen atoms in total. The van der Waals surface area contributed by atoms with E-state index in [0.29, 0.717) is 12.3 Å². The van der Waals surface area contributed by atoms with Gasteiger partial charge in [-0.05, 0) is 36.9 Å². The maximum atomic E-state index is 12.2. The SMILES string of the molecule is CN(C)C(CNC(=O)CSCc1ccccc1)c1ccc2c(c1)CCO2. The van der Waals surface area contributed by atoms with E-state index < -0.39 is 0 Å². The van der Waals surface area contributed by atoms with Crippen molar-refractivity contribution < 1.29 is 9.53 Å². The van der Waals surface area contributed by atoms with E-state index in [-0.39, 0.29) is 11.9 Å². The maximum absolute atomic E-state index is 12.2. The van der Waals surface area contributed by atoms with E-state index in [0.717, 1.165) is 24.5 Å². The van der Waals surface area contributed by atoms with Gasteiger partial charge in [0, 0.05) is 18.7 Å². The number of thioether (sulfide) groups is 1. The molecule has 1 atom stereocenters. The first-order valence-electron chi connectivity index (χ1n) is 8.94. The molecule has 0 spiro atoms. The highest BCUT2D eigenvalue weighted by molar-refractivity contribution is 7.99. The molecule has 26 heavy (non-hydrogen) atoms. The van der Waals surface area contributed by atoms with E-state index in [2.05, 4.69) is 34.5 Å². The van der Waals surface area contributed by atoms with Gasteiger partial charge in [0.05, 0.1) is 18.4 Å². The molecule has 1 aliphatic heterocycles. The van der Waals surface area contributed by atoms with Crippen molar-refractivity contribution in [3.8, 4) is 5.75 Å². The van der Waals surface area contributed by atoms with Crippen LogP contribution >= 0.6 is 11.8 Å². The fourth-order valence-electron chi connectivity index (χ4n) is 3.11. The van der Waals surface area contributed by atoms with E-state index in [9.17, 15) is 4.79 Å². The van der Waals surface area contributed by atoms with Gasteiger partial charge in [-0.3, -0.25) is 4.79 Å². The first-order chi connectivity index (χ1) is 12.6. The number of rotatable bonds is 8. The molecular weight excluding hydrogens is 344 g/mol. The molecule has 1 aliphatic rings. The molecule has 0 radical (unpaired) electrons. The van der Waals surface area contributed by atoms with Gasteiger partial charge in [-0.1, -0.05) is 42.5 Å². The topological polar surface area (TPSA) is 41.6 Å². The molecule has 1 amide bonds. The number of hydrogen-bond acceptors (Lipinski definition) is 4. The van der Waals surface area contributed by atoms with Gasteiger partial charge < -0.3 is 15.0 Å². The van der Waals surface area contributed by atoms with Gasteiger partial charge in [-0.25, -0.2) is 0 Å². The summed E-state index contributed by atoms with van der Waals surface area (Å²) in [7, 11) is 4.09. The van der Waals surface area contributed by atoms with Gasteiger partial charge >= 0.3 is 0 Å². The molecule has 0 saturated heterocycles. The summed E-state index contributed by atoms with van der Waals surface area (Å²) < 4.78 is 5.59. The molecular formula is C21H26N2O2S. The summed E-state index contributed by atoms with van der Waals surface area (Å²) in [4.78, 5) is 14.4. The number of benzene rings is 2. The van der Waals surface area contributed by atoms with Crippen LogP contribution in [0, 0.1) is 0 Å². The number of amides is 1. The third-order valence-corrected chi connectivity index (χ3v) is 5.56. The van der Waals surface area contributed by atoms with Crippen LogP contribution in [0.4, 0.5) is 0 Å². The fourth-order valence-corrected chi connectivity index (χ4v) is 3.93. The van der Waals surface area contributed by atoms with Crippen molar-refractivity contribution >= 4 is 17.7 Å². The van der Waals surface area contributed by atoms with Crippen molar-refractivity contribution in [3.05, 3.63) is 65.2 Å². The third-order valence-electron chi connectivity index (χ3n) is 4.56. The van der Waals surface area contributed by atoms with Crippen molar-refractivity contribution in [2.45, 2.75) is 18.2 Å². The Morgan fingerprint density at radius 3 is 2.81 bits per heavy atom. The van der Waals surface area contributed by atoms with Gasteiger partial charge in [-0.2, -0.15) is 0 Å². The Labute approximate surface area is 159 Å². The highest BCUT2D eigenvalue weighted by Gasteiger charge is 2.19. The van der Waals surface area contributed by atoms with E-state index in [4.69, 9.17) is 4.74 Å². The minimum Gasteiger partial charge on any atom is -0.493 e. The molecule has 2 aromatic carbocycles. The van der Waals surface area contributed by atoms with Crippen LogP contribution < -0.4 is 10.1 Å². The zero-order valence-electron chi connectivity index (χ0n) is 15.4. The lowest BCUT2D eigenvalue weighted by Gasteiger charge is -2.25. The summed E-state index contributed by atoms with van der Waals surface area (Å²) in [6.45, 7) is 1.37. The number of fused-ring (bicyclic) bond motifs is 1. The third kappa shape index (κ3) is 5.02. The van der Waals surface area contributed by atoms with Gasteiger partial charge in [-0.15, -0.1) is 11.8 Å². The van der Waals surface area contributed by atoms with Crippen LogP contribution in [-0.4, -0.2) is 43.8 Å². The first kappa shape index (κ1) is 18.8. The minimum atomic E-state index is 0.0854. The Hall–Kier alpha value is -1.98. The molecule has 0 bridgehead atoms. The van der Waals surface area contributed by atoms with Gasteiger partial charge in [0.1, 0.15) is 5.75 Å². The van der Waals surface area contributed by atoms with E-state index in [1.54, 1.807) is 11.8 Å². The van der Waals surface area contributed by atoms with Crippen LogP contribution in [0.25, 0.3) is 0 Å². The monoisotopic (exact) mass is 370 g/mol. The van der Waals surface area contributed by atoms with Crippen molar-refractivity contribution in [1.29, 1.82) is 0 Å². The molecule has 1 heterocycles. The van der Waals surface area contributed by atoms with Crippen LogP contribution in [0.1, 0.15) is 22.7 Å². The number of hydrogen-bond donors (Lipinski definition) is 1. The molecule has 0 aliphatic carbocycles. The number of carbonyl (C=O) groups is 1. The Kier molecular flexibility index (Phi) is 6.58. The number of ether oxygens (including phenoxy) is 1. The molecule has 1 unspecified atom stereocenters. The molecule has 0 saturated carbocycles. The van der Waals surface area contributed by atoms with Crippen molar-refractivity contribution in [2.24, 2.45) is 0 Å². The van der Waals surface area contributed by atoms with E-state index >= 15 is 0 Å². The second-order valence-corrected chi connectivity index (χ2v) is 7.71. The van der Waals surface area contributed by atoms with Gasteiger partial charge in [0.25, 0.3) is 0 Å². The highest BCUT2D eigenvalue weighted by Crippen LogP contribution is 2.29. The predicted molar refractivity (Wildman–Crippen MR) is 108 cm³/mol. The maximum Gasteiger partial charge on any atom is 0.230 e. The average Bonchev–Trinajstić information content (AvgIpc) is 3.10. The molecule has 5 heteroatoms. The molecule has 3 rings (SSSR count). The number of carbonyl (C=O) groups excluding carboxylic acids is 1. The van der Waals surface area contributed by atoms with E-state index in [1.165, 1.54) is 16.7 Å². The first-order valence-corrected chi connectivity index (χ1v) is 10.1. The van der Waals surface area contributed by atoms with Gasteiger partial charge in [0.15, 0.2) is 0 Å².